The van der Waals surface area contributed by atoms with Gasteiger partial charge in [-0.05, 0) is 61.9 Å². The SMILES string of the molecule is Nc1cccc2c1CCCN2C(=O)c1nn(-c2ccc(F)c(F)c2)c2c1CCC2. The minimum absolute atomic E-state index is 0.170. The first kappa shape index (κ1) is 17.8. The minimum atomic E-state index is -0.932. The van der Waals surface area contributed by atoms with Crippen LogP contribution in [0.15, 0.2) is 36.4 Å². The first-order chi connectivity index (χ1) is 14.0. The van der Waals surface area contributed by atoms with Crippen LogP contribution in [-0.4, -0.2) is 22.2 Å². The molecule has 0 saturated heterocycles. The van der Waals surface area contributed by atoms with Crippen molar-refractivity contribution in [3.8, 4) is 5.69 Å². The second kappa shape index (κ2) is 6.69. The zero-order valence-electron chi connectivity index (χ0n) is 15.8. The first-order valence-corrected chi connectivity index (χ1v) is 9.80. The lowest BCUT2D eigenvalue weighted by Gasteiger charge is -2.30. The smallest absolute Gasteiger partial charge is 0.279 e. The number of hydrogen-bond acceptors (Lipinski definition) is 3. The van der Waals surface area contributed by atoms with Crippen molar-refractivity contribution in [2.45, 2.75) is 32.1 Å². The highest BCUT2D eigenvalue weighted by Crippen LogP contribution is 2.34. The molecule has 0 unspecified atom stereocenters. The topological polar surface area (TPSA) is 64.2 Å². The van der Waals surface area contributed by atoms with Gasteiger partial charge in [-0.3, -0.25) is 4.79 Å². The van der Waals surface area contributed by atoms with E-state index in [-0.39, 0.29) is 5.91 Å². The summed E-state index contributed by atoms with van der Waals surface area (Å²) in [6.07, 6.45) is 4.07. The summed E-state index contributed by atoms with van der Waals surface area (Å²) >= 11 is 0. The number of amides is 1. The Morgan fingerprint density at radius 3 is 2.66 bits per heavy atom. The Morgan fingerprint density at radius 1 is 1.00 bits per heavy atom. The summed E-state index contributed by atoms with van der Waals surface area (Å²) in [5.74, 6) is -2.01. The summed E-state index contributed by atoms with van der Waals surface area (Å²) in [7, 11) is 0. The lowest BCUT2D eigenvalue weighted by Crippen LogP contribution is -2.36. The monoisotopic (exact) mass is 394 g/mol. The van der Waals surface area contributed by atoms with E-state index in [1.807, 2.05) is 18.2 Å². The number of fused-ring (bicyclic) bond motifs is 2. The Balaban J connectivity index is 1.59. The van der Waals surface area contributed by atoms with Crippen molar-refractivity contribution < 1.29 is 13.6 Å². The molecule has 0 spiro atoms. The fraction of sp³-hybridized carbons (Fsp3) is 0.273. The number of carbonyl (C=O) groups excluding carboxylic acids is 1. The summed E-state index contributed by atoms with van der Waals surface area (Å²) in [5, 5.41) is 4.55. The van der Waals surface area contributed by atoms with Gasteiger partial charge in [-0.2, -0.15) is 5.10 Å². The molecule has 2 heterocycles. The molecule has 2 aromatic carbocycles. The molecule has 3 aromatic rings. The van der Waals surface area contributed by atoms with E-state index in [0.29, 0.717) is 23.6 Å². The van der Waals surface area contributed by atoms with Crippen molar-refractivity contribution >= 4 is 17.3 Å². The van der Waals surface area contributed by atoms with Gasteiger partial charge in [-0.25, -0.2) is 13.5 Å². The molecule has 2 aliphatic rings. The minimum Gasteiger partial charge on any atom is -0.398 e. The number of nitrogens with zero attached hydrogens (tertiary/aromatic N) is 3. The molecule has 148 valence electrons. The Morgan fingerprint density at radius 2 is 1.83 bits per heavy atom. The largest absolute Gasteiger partial charge is 0.398 e. The fourth-order valence-corrected chi connectivity index (χ4v) is 4.43. The summed E-state index contributed by atoms with van der Waals surface area (Å²) in [6.45, 7) is 0.599. The van der Waals surface area contributed by atoms with E-state index in [2.05, 4.69) is 5.10 Å². The molecule has 0 bridgehead atoms. The van der Waals surface area contributed by atoms with Crippen molar-refractivity contribution in [2.24, 2.45) is 0 Å². The zero-order chi connectivity index (χ0) is 20.1. The lowest BCUT2D eigenvalue weighted by atomic mass is 9.99. The van der Waals surface area contributed by atoms with Crippen molar-refractivity contribution in [3.63, 3.8) is 0 Å². The van der Waals surface area contributed by atoms with E-state index >= 15 is 0 Å². The molecule has 2 N–H and O–H groups in total. The average Bonchev–Trinajstić information content (AvgIpc) is 3.32. The number of nitrogens with two attached hydrogens (primary N) is 1. The van der Waals surface area contributed by atoms with Crippen LogP contribution in [0.3, 0.4) is 0 Å². The van der Waals surface area contributed by atoms with E-state index in [9.17, 15) is 13.6 Å². The second-order valence-corrected chi connectivity index (χ2v) is 7.54. The van der Waals surface area contributed by atoms with Crippen molar-refractivity contribution in [1.29, 1.82) is 0 Å². The first-order valence-electron chi connectivity index (χ1n) is 9.80. The van der Waals surface area contributed by atoms with Crippen LogP contribution in [0.1, 0.15) is 40.2 Å². The summed E-state index contributed by atoms with van der Waals surface area (Å²) in [4.78, 5) is 15.2. The van der Waals surface area contributed by atoms with Gasteiger partial charge in [-0.15, -0.1) is 0 Å². The van der Waals surface area contributed by atoms with Crippen LogP contribution in [0.4, 0.5) is 20.2 Å². The average molecular weight is 394 g/mol. The van der Waals surface area contributed by atoms with E-state index in [1.165, 1.54) is 6.07 Å². The normalized spacial score (nSPS) is 15.3. The van der Waals surface area contributed by atoms with E-state index in [1.54, 1.807) is 9.58 Å². The number of halogens is 2. The predicted octanol–water partition coefficient (Wildman–Crippen LogP) is 3.81. The van der Waals surface area contributed by atoms with Gasteiger partial charge >= 0.3 is 0 Å². The van der Waals surface area contributed by atoms with Crippen LogP contribution in [0.2, 0.25) is 0 Å². The number of rotatable bonds is 2. The molecule has 7 heteroatoms. The number of nitrogen functional groups attached to an aromatic ring is 1. The van der Waals surface area contributed by atoms with Crippen LogP contribution in [-0.2, 0) is 19.3 Å². The van der Waals surface area contributed by atoms with Crippen LogP contribution in [0.25, 0.3) is 5.69 Å². The van der Waals surface area contributed by atoms with Crippen molar-refractivity contribution in [3.05, 3.63) is 70.5 Å². The second-order valence-electron chi connectivity index (χ2n) is 7.54. The Hall–Kier alpha value is -3.22. The van der Waals surface area contributed by atoms with Crippen molar-refractivity contribution in [2.75, 3.05) is 17.2 Å². The highest BCUT2D eigenvalue weighted by molar-refractivity contribution is 6.07. The van der Waals surface area contributed by atoms with Gasteiger partial charge < -0.3 is 10.6 Å². The third-order valence-electron chi connectivity index (χ3n) is 5.81. The van der Waals surface area contributed by atoms with Crippen LogP contribution in [0, 0.1) is 11.6 Å². The van der Waals surface area contributed by atoms with E-state index < -0.39 is 11.6 Å². The van der Waals surface area contributed by atoms with Crippen molar-refractivity contribution in [1.82, 2.24) is 9.78 Å². The molecule has 1 aliphatic carbocycles. The van der Waals surface area contributed by atoms with Crippen LogP contribution >= 0.6 is 0 Å². The molecule has 5 rings (SSSR count). The Kier molecular flexibility index (Phi) is 4.12. The fourth-order valence-electron chi connectivity index (χ4n) is 4.43. The van der Waals surface area contributed by atoms with Gasteiger partial charge in [0, 0.05) is 35.2 Å². The maximum Gasteiger partial charge on any atom is 0.279 e. The van der Waals surface area contributed by atoms with Gasteiger partial charge in [0.25, 0.3) is 5.91 Å². The molecule has 1 aliphatic heterocycles. The quantitative estimate of drug-likeness (QED) is 0.672. The molecule has 1 amide bonds. The Labute approximate surface area is 166 Å². The molecule has 0 saturated carbocycles. The molecular formula is C22H20F2N4O. The van der Waals surface area contributed by atoms with Gasteiger partial charge in [0.2, 0.25) is 0 Å². The molecular weight excluding hydrogens is 374 g/mol. The van der Waals surface area contributed by atoms with Gasteiger partial charge in [0.1, 0.15) is 0 Å². The van der Waals surface area contributed by atoms with Gasteiger partial charge in [0.05, 0.1) is 5.69 Å². The van der Waals surface area contributed by atoms with Gasteiger partial charge in [0.15, 0.2) is 17.3 Å². The van der Waals surface area contributed by atoms with E-state index in [0.717, 1.165) is 66.7 Å². The third-order valence-corrected chi connectivity index (χ3v) is 5.81. The molecule has 29 heavy (non-hydrogen) atoms. The standard InChI is InChI=1S/C22H20F2N4O/c23-16-10-9-13(12-17(16)24)28-20-8-1-4-15(20)21(26-28)22(29)27-11-3-5-14-18(25)6-2-7-19(14)27/h2,6-7,9-10,12H,1,3-5,8,11,25H2. The summed E-state index contributed by atoms with van der Waals surface area (Å²) < 4.78 is 28.7. The number of carbonyl (C=O) groups is 1. The van der Waals surface area contributed by atoms with Crippen LogP contribution < -0.4 is 10.6 Å². The number of anilines is 2. The predicted molar refractivity (Wildman–Crippen MR) is 106 cm³/mol. The lowest BCUT2D eigenvalue weighted by molar-refractivity contribution is 0.0979. The maximum absolute atomic E-state index is 13.8. The molecule has 5 nitrogen and oxygen atoms in total. The molecule has 0 radical (unpaired) electrons. The number of aromatic nitrogens is 2. The molecule has 0 fully saturated rings. The van der Waals surface area contributed by atoms with Gasteiger partial charge in [-0.1, -0.05) is 6.07 Å². The maximum atomic E-state index is 13.8. The Bertz CT molecular complexity index is 1140. The number of hydrogen-bond donors (Lipinski definition) is 1. The number of benzene rings is 2. The summed E-state index contributed by atoms with van der Waals surface area (Å²) in [5.41, 5.74) is 11.2. The third kappa shape index (κ3) is 2.80. The highest BCUT2D eigenvalue weighted by atomic mass is 19.2. The zero-order valence-corrected chi connectivity index (χ0v) is 15.8. The molecule has 0 atom stereocenters. The van der Waals surface area contributed by atoms with E-state index in [4.69, 9.17) is 5.73 Å². The molecule has 1 aromatic heterocycles. The highest BCUT2D eigenvalue weighted by Gasteiger charge is 2.32. The van der Waals surface area contributed by atoms with Crippen LogP contribution in [0.5, 0.6) is 0 Å². The summed E-state index contributed by atoms with van der Waals surface area (Å²) in [6, 6.07) is 9.29.